The first kappa shape index (κ1) is 24.0. The molecule has 0 radical (unpaired) electrons. The third kappa shape index (κ3) is 6.59. The highest BCUT2D eigenvalue weighted by Gasteiger charge is 2.37. The van der Waals surface area contributed by atoms with Crippen LogP contribution in [0.2, 0.25) is 0 Å². The minimum Gasteiger partial charge on any atom is -0.356 e. The number of hydrogen-bond acceptors (Lipinski definition) is 2. The standard InChI is InChI=1S/C23H36N4O.HI/c1-18(2)14-23(11-7-12-23)17-26-22(24-3)25-15-19-8-4-5-9-20(19)16-27-13-6-10-21(27)28;/h4-5,8-9,18H,6-7,10-17H2,1-3H3,(H2,24,25,26);1H. The molecule has 1 aliphatic carbocycles. The van der Waals surface area contributed by atoms with E-state index < -0.39 is 0 Å². The van der Waals surface area contributed by atoms with Gasteiger partial charge in [-0.2, -0.15) is 0 Å². The van der Waals surface area contributed by atoms with Crippen LogP contribution in [0.5, 0.6) is 0 Å². The molecule has 0 bridgehead atoms. The van der Waals surface area contributed by atoms with E-state index in [1.807, 2.05) is 11.9 Å². The molecule has 1 aromatic carbocycles. The molecule has 3 rings (SSSR count). The summed E-state index contributed by atoms with van der Waals surface area (Å²) in [5, 5.41) is 7.03. The molecule has 6 heteroatoms. The second-order valence-corrected chi connectivity index (χ2v) is 8.92. The average molecular weight is 512 g/mol. The Morgan fingerprint density at radius 2 is 1.90 bits per heavy atom. The zero-order valence-corrected chi connectivity index (χ0v) is 20.5. The molecular weight excluding hydrogens is 475 g/mol. The third-order valence-corrected chi connectivity index (χ3v) is 6.21. The first-order valence-corrected chi connectivity index (χ1v) is 10.8. The lowest BCUT2D eigenvalue weighted by Gasteiger charge is -2.43. The Kier molecular flexibility index (Phi) is 9.24. The normalized spacial score (nSPS) is 18.4. The number of nitrogens with zero attached hydrogens (tertiary/aromatic N) is 2. The van der Waals surface area contributed by atoms with Crippen molar-refractivity contribution in [3.63, 3.8) is 0 Å². The van der Waals surface area contributed by atoms with Crippen molar-refractivity contribution in [2.45, 2.75) is 65.5 Å². The fourth-order valence-corrected chi connectivity index (χ4v) is 4.63. The fraction of sp³-hybridized carbons (Fsp3) is 0.652. The van der Waals surface area contributed by atoms with Gasteiger partial charge in [0, 0.05) is 39.6 Å². The number of likely N-dealkylation sites (tertiary alicyclic amines) is 1. The van der Waals surface area contributed by atoms with Crippen LogP contribution in [0.3, 0.4) is 0 Å². The maximum Gasteiger partial charge on any atom is 0.222 e. The van der Waals surface area contributed by atoms with Gasteiger partial charge in [-0.3, -0.25) is 9.79 Å². The lowest BCUT2D eigenvalue weighted by molar-refractivity contribution is -0.128. The number of benzene rings is 1. The van der Waals surface area contributed by atoms with E-state index in [-0.39, 0.29) is 29.9 Å². The quantitative estimate of drug-likeness (QED) is 0.310. The average Bonchev–Trinajstić information content (AvgIpc) is 3.05. The van der Waals surface area contributed by atoms with Crippen LogP contribution in [0.25, 0.3) is 0 Å². The van der Waals surface area contributed by atoms with Crippen molar-refractivity contribution in [2.24, 2.45) is 16.3 Å². The Morgan fingerprint density at radius 3 is 2.45 bits per heavy atom. The van der Waals surface area contributed by atoms with Crippen molar-refractivity contribution in [2.75, 3.05) is 20.1 Å². The van der Waals surface area contributed by atoms with Crippen LogP contribution in [0.4, 0.5) is 0 Å². The van der Waals surface area contributed by atoms with Crippen molar-refractivity contribution < 1.29 is 4.79 Å². The summed E-state index contributed by atoms with van der Waals surface area (Å²) >= 11 is 0. The number of guanidine groups is 1. The van der Waals surface area contributed by atoms with E-state index in [9.17, 15) is 4.79 Å². The predicted molar refractivity (Wildman–Crippen MR) is 130 cm³/mol. The van der Waals surface area contributed by atoms with E-state index in [1.165, 1.54) is 36.8 Å². The van der Waals surface area contributed by atoms with Crippen LogP contribution in [-0.2, 0) is 17.9 Å². The minimum absolute atomic E-state index is 0. The number of halogens is 1. The SMILES string of the molecule is CN=C(NCc1ccccc1CN1CCCC1=O)NCC1(CC(C)C)CCC1.I. The number of rotatable bonds is 8. The predicted octanol–water partition coefficient (Wildman–Crippen LogP) is 4.31. The smallest absolute Gasteiger partial charge is 0.222 e. The third-order valence-electron chi connectivity index (χ3n) is 6.21. The van der Waals surface area contributed by atoms with Gasteiger partial charge < -0.3 is 15.5 Å². The zero-order valence-electron chi connectivity index (χ0n) is 18.2. The van der Waals surface area contributed by atoms with Crippen LogP contribution in [0, 0.1) is 11.3 Å². The van der Waals surface area contributed by atoms with Gasteiger partial charge in [0.15, 0.2) is 5.96 Å². The van der Waals surface area contributed by atoms with Gasteiger partial charge in [-0.15, -0.1) is 24.0 Å². The van der Waals surface area contributed by atoms with Crippen molar-refractivity contribution in [3.05, 3.63) is 35.4 Å². The van der Waals surface area contributed by atoms with Crippen LogP contribution in [0.15, 0.2) is 29.3 Å². The zero-order chi connectivity index (χ0) is 20.0. The molecule has 0 atom stereocenters. The summed E-state index contributed by atoms with van der Waals surface area (Å²) in [4.78, 5) is 18.4. The maximum atomic E-state index is 12.0. The Bertz CT molecular complexity index is 700. The van der Waals surface area contributed by atoms with Gasteiger partial charge in [0.25, 0.3) is 0 Å². The van der Waals surface area contributed by atoms with Gasteiger partial charge in [0.05, 0.1) is 0 Å². The highest BCUT2D eigenvalue weighted by atomic mass is 127. The van der Waals surface area contributed by atoms with Gasteiger partial charge in [-0.25, -0.2) is 0 Å². The minimum atomic E-state index is 0. The molecule has 2 N–H and O–H groups in total. The number of carbonyl (C=O) groups excluding carboxylic acids is 1. The molecule has 29 heavy (non-hydrogen) atoms. The highest BCUT2D eigenvalue weighted by Crippen LogP contribution is 2.45. The van der Waals surface area contributed by atoms with E-state index in [0.29, 0.717) is 18.4 Å². The number of carbonyl (C=O) groups is 1. The molecule has 1 amide bonds. The molecule has 1 saturated carbocycles. The van der Waals surface area contributed by atoms with Crippen LogP contribution < -0.4 is 10.6 Å². The summed E-state index contributed by atoms with van der Waals surface area (Å²) < 4.78 is 0. The lowest BCUT2D eigenvalue weighted by atomic mass is 9.64. The first-order chi connectivity index (χ1) is 13.5. The first-order valence-electron chi connectivity index (χ1n) is 10.8. The molecule has 0 unspecified atom stereocenters. The second-order valence-electron chi connectivity index (χ2n) is 8.92. The molecule has 0 aromatic heterocycles. The summed E-state index contributed by atoms with van der Waals surface area (Å²) in [6, 6.07) is 8.39. The van der Waals surface area contributed by atoms with Gasteiger partial charge in [0.1, 0.15) is 0 Å². The van der Waals surface area contributed by atoms with E-state index >= 15 is 0 Å². The van der Waals surface area contributed by atoms with Gasteiger partial charge in [-0.05, 0) is 48.1 Å². The van der Waals surface area contributed by atoms with Gasteiger partial charge >= 0.3 is 0 Å². The molecule has 1 saturated heterocycles. The topological polar surface area (TPSA) is 56.7 Å². The molecule has 2 fully saturated rings. The monoisotopic (exact) mass is 512 g/mol. The van der Waals surface area contributed by atoms with E-state index in [0.717, 1.165) is 37.9 Å². The van der Waals surface area contributed by atoms with Gasteiger partial charge in [-0.1, -0.05) is 44.5 Å². The summed E-state index contributed by atoms with van der Waals surface area (Å²) in [5.41, 5.74) is 2.89. The number of amides is 1. The van der Waals surface area contributed by atoms with E-state index in [2.05, 4.69) is 53.7 Å². The van der Waals surface area contributed by atoms with Crippen molar-refractivity contribution >= 4 is 35.8 Å². The number of hydrogen-bond donors (Lipinski definition) is 2. The van der Waals surface area contributed by atoms with Crippen LogP contribution in [0.1, 0.15) is 63.5 Å². The Morgan fingerprint density at radius 1 is 1.17 bits per heavy atom. The Labute approximate surface area is 193 Å². The molecule has 0 spiro atoms. The summed E-state index contributed by atoms with van der Waals surface area (Å²) in [6.45, 7) is 7.93. The number of aliphatic imine (C=N–C) groups is 1. The van der Waals surface area contributed by atoms with Crippen molar-refractivity contribution in [1.82, 2.24) is 15.5 Å². The van der Waals surface area contributed by atoms with Crippen molar-refractivity contribution in [3.8, 4) is 0 Å². The lowest BCUT2D eigenvalue weighted by Crippen LogP contribution is -2.46. The summed E-state index contributed by atoms with van der Waals surface area (Å²) in [5.74, 6) is 1.87. The molecule has 1 heterocycles. The molecule has 162 valence electrons. The molecular formula is C23H37IN4O. The van der Waals surface area contributed by atoms with Gasteiger partial charge in [0.2, 0.25) is 5.91 Å². The largest absolute Gasteiger partial charge is 0.356 e. The molecule has 1 aromatic rings. The highest BCUT2D eigenvalue weighted by molar-refractivity contribution is 14.0. The number of nitrogens with one attached hydrogen (secondary N) is 2. The fourth-order valence-electron chi connectivity index (χ4n) is 4.63. The van der Waals surface area contributed by atoms with Crippen LogP contribution in [-0.4, -0.2) is 36.9 Å². The van der Waals surface area contributed by atoms with Crippen molar-refractivity contribution in [1.29, 1.82) is 0 Å². The Hall–Kier alpha value is -1.31. The summed E-state index contributed by atoms with van der Waals surface area (Å²) in [6.07, 6.45) is 6.94. The Balaban J connectivity index is 0.00000300. The second kappa shape index (κ2) is 11.2. The molecule has 5 nitrogen and oxygen atoms in total. The van der Waals surface area contributed by atoms with Crippen LogP contribution >= 0.6 is 24.0 Å². The molecule has 1 aliphatic heterocycles. The van der Waals surface area contributed by atoms with E-state index in [1.54, 1.807) is 0 Å². The maximum absolute atomic E-state index is 12.0. The van der Waals surface area contributed by atoms with E-state index in [4.69, 9.17) is 0 Å². The summed E-state index contributed by atoms with van der Waals surface area (Å²) in [7, 11) is 1.83. The molecule has 2 aliphatic rings.